The number of sulfonamides is 1. The van der Waals surface area contributed by atoms with Gasteiger partial charge in [-0.05, 0) is 37.3 Å². The zero-order valence-corrected chi connectivity index (χ0v) is 11.0. The second-order valence-corrected chi connectivity index (χ2v) is 7.58. The summed E-state index contributed by atoms with van der Waals surface area (Å²) in [5.74, 6) is 1.87. The van der Waals surface area contributed by atoms with E-state index in [-0.39, 0.29) is 0 Å². The zero-order valence-electron chi connectivity index (χ0n) is 10.1. The van der Waals surface area contributed by atoms with Gasteiger partial charge in [-0.15, -0.1) is 0 Å². The Morgan fingerprint density at radius 1 is 1.25 bits per heavy atom. The number of hydrogen-bond acceptors (Lipinski definition) is 3. The molecule has 2 aliphatic heterocycles. The third kappa shape index (κ3) is 2.57. The lowest BCUT2D eigenvalue weighted by molar-refractivity contribution is 0.443. The molecule has 2 rings (SSSR count). The summed E-state index contributed by atoms with van der Waals surface area (Å²) in [7, 11) is -2.99. The monoisotopic (exact) mass is 246 g/mol. The Morgan fingerprint density at radius 2 is 1.81 bits per heavy atom. The van der Waals surface area contributed by atoms with Crippen LogP contribution >= 0.6 is 0 Å². The molecular weight excluding hydrogens is 224 g/mol. The van der Waals surface area contributed by atoms with Crippen molar-refractivity contribution >= 4 is 10.0 Å². The maximum atomic E-state index is 12.1. The van der Waals surface area contributed by atoms with E-state index in [1.807, 2.05) is 0 Å². The van der Waals surface area contributed by atoms with Crippen molar-refractivity contribution in [3.63, 3.8) is 0 Å². The first-order valence-electron chi connectivity index (χ1n) is 6.17. The van der Waals surface area contributed by atoms with Crippen molar-refractivity contribution in [2.75, 3.05) is 31.9 Å². The van der Waals surface area contributed by atoms with Crippen LogP contribution in [0.5, 0.6) is 0 Å². The molecule has 0 aromatic heterocycles. The maximum absolute atomic E-state index is 12.1. The molecule has 16 heavy (non-hydrogen) atoms. The quantitative estimate of drug-likeness (QED) is 0.786. The molecule has 0 bridgehead atoms. The van der Waals surface area contributed by atoms with Crippen molar-refractivity contribution in [1.82, 2.24) is 9.62 Å². The minimum Gasteiger partial charge on any atom is -0.316 e. The first-order chi connectivity index (χ1) is 7.49. The number of nitrogens with one attached hydrogen (secondary N) is 1. The molecule has 0 aromatic carbocycles. The van der Waals surface area contributed by atoms with Gasteiger partial charge >= 0.3 is 0 Å². The van der Waals surface area contributed by atoms with Gasteiger partial charge in [-0.2, -0.15) is 0 Å². The molecular formula is C11H22N2O2S. The molecule has 2 saturated heterocycles. The van der Waals surface area contributed by atoms with E-state index in [9.17, 15) is 8.42 Å². The molecule has 0 amide bonds. The van der Waals surface area contributed by atoms with Gasteiger partial charge < -0.3 is 5.32 Å². The lowest BCUT2D eigenvalue weighted by Crippen LogP contribution is -2.34. The van der Waals surface area contributed by atoms with Crippen LogP contribution in [-0.4, -0.2) is 44.7 Å². The van der Waals surface area contributed by atoms with Crippen molar-refractivity contribution in [2.45, 2.75) is 20.3 Å². The molecule has 0 aliphatic carbocycles. The fourth-order valence-corrected chi connectivity index (χ4v) is 4.42. The standard InChI is InChI=1S/C11H22N2O2S/c1-9(2)3-4-16(14,15)13-7-10-5-12-6-11(10)8-13/h9-12H,3-8H2,1-2H3. The van der Waals surface area contributed by atoms with Crippen LogP contribution in [0.4, 0.5) is 0 Å². The predicted octanol–water partition coefficient (Wildman–Crippen LogP) is 0.514. The molecule has 2 fully saturated rings. The van der Waals surface area contributed by atoms with Crippen LogP contribution in [0.3, 0.4) is 0 Å². The fourth-order valence-electron chi connectivity index (χ4n) is 2.55. The highest BCUT2D eigenvalue weighted by atomic mass is 32.2. The summed E-state index contributed by atoms with van der Waals surface area (Å²) >= 11 is 0. The van der Waals surface area contributed by atoms with Crippen molar-refractivity contribution in [1.29, 1.82) is 0 Å². The second-order valence-electron chi connectivity index (χ2n) is 5.49. The van der Waals surface area contributed by atoms with Crippen molar-refractivity contribution in [2.24, 2.45) is 17.8 Å². The summed E-state index contributed by atoms with van der Waals surface area (Å²) < 4.78 is 25.9. The van der Waals surface area contributed by atoms with Crippen LogP contribution in [-0.2, 0) is 10.0 Å². The van der Waals surface area contributed by atoms with E-state index < -0.39 is 10.0 Å². The Bertz CT molecular complexity index is 328. The van der Waals surface area contributed by atoms with E-state index >= 15 is 0 Å². The van der Waals surface area contributed by atoms with E-state index in [0.717, 1.165) is 32.6 Å². The van der Waals surface area contributed by atoms with Gasteiger partial charge in [-0.25, -0.2) is 12.7 Å². The van der Waals surface area contributed by atoms with Crippen molar-refractivity contribution < 1.29 is 8.42 Å². The Morgan fingerprint density at radius 3 is 2.31 bits per heavy atom. The highest BCUT2D eigenvalue weighted by Crippen LogP contribution is 2.28. The number of nitrogens with zero attached hydrogens (tertiary/aromatic N) is 1. The molecule has 4 nitrogen and oxygen atoms in total. The molecule has 2 unspecified atom stereocenters. The summed E-state index contributed by atoms with van der Waals surface area (Å²) in [4.78, 5) is 0. The molecule has 1 N–H and O–H groups in total. The number of hydrogen-bond donors (Lipinski definition) is 1. The number of fused-ring (bicyclic) bond motifs is 1. The van der Waals surface area contributed by atoms with Crippen LogP contribution in [0.15, 0.2) is 0 Å². The zero-order chi connectivity index (χ0) is 11.8. The average molecular weight is 246 g/mol. The van der Waals surface area contributed by atoms with Crippen molar-refractivity contribution in [3.05, 3.63) is 0 Å². The molecule has 0 aromatic rings. The lowest BCUT2D eigenvalue weighted by Gasteiger charge is -2.18. The molecule has 5 heteroatoms. The minimum absolute atomic E-state index is 0.317. The Labute approximate surface area is 98.4 Å². The smallest absolute Gasteiger partial charge is 0.214 e. The van der Waals surface area contributed by atoms with Crippen molar-refractivity contribution in [3.8, 4) is 0 Å². The van der Waals surface area contributed by atoms with Gasteiger partial charge in [0.2, 0.25) is 10.0 Å². The number of rotatable bonds is 4. The van der Waals surface area contributed by atoms with E-state index in [4.69, 9.17) is 0 Å². The van der Waals surface area contributed by atoms with Crippen LogP contribution < -0.4 is 5.32 Å². The Hall–Kier alpha value is -0.130. The average Bonchev–Trinajstić information content (AvgIpc) is 2.73. The third-order valence-corrected chi connectivity index (χ3v) is 5.54. The first kappa shape index (κ1) is 12.3. The molecule has 2 atom stereocenters. The van der Waals surface area contributed by atoms with Gasteiger partial charge in [0, 0.05) is 13.1 Å². The fraction of sp³-hybridized carbons (Fsp3) is 1.00. The van der Waals surface area contributed by atoms with Crippen LogP contribution in [0.1, 0.15) is 20.3 Å². The molecule has 2 aliphatic rings. The van der Waals surface area contributed by atoms with E-state index in [1.165, 1.54) is 0 Å². The summed E-state index contributed by atoms with van der Waals surface area (Å²) in [6, 6.07) is 0. The highest BCUT2D eigenvalue weighted by Gasteiger charge is 2.40. The van der Waals surface area contributed by atoms with E-state index in [1.54, 1.807) is 4.31 Å². The topological polar surface area (TPSA) is 49.4 Å². The van der Waals surface area contributed by atoms with Gasteiger partial charge in [0.05, 0.1) is 5.75 Å². The summed E-state index contributed by atoms with van der Waals surface area (Å²) in [6.07, 6.45) is 0.770. The second kappa shape index (κ2) is 4.63. The molecule has 2 heterocycles. The van der Waals surface area contributed by atoms with Crippen LogP contribution in [0.2, 0.25) is 0 Å². The SMILES string of the molecule is CC(C)CCS(=O)(=O)N1CC2CNCC2C1. The summed E-state index contributed by atoms with van der Waals surface area (Å²) in [6.45, 7) is 7.58. The molecule has 94 valence electrons. The van der Waals surface area contributed by atoms with Gasteiger partial charge in [-0.3, -0.25) is 0 Å². The van der Waals surface area contributed by atoms with Gasteiger partial charge in [0.15, 0.2) is 0 Å². The molecule has 0 radical (unpaired) electrons. The maximum Gasteiger partial charge on any atom is 0.214 e. The summed E-state index contributed by atoms with van der Waals surface area (Å²) in [5, 5.41) is 3.33. The molecule has 0 saturated carbocycles. The lowest BCUT2D eigenvalue weighted by atomic mass is 10.0. The highest BCUT2D eigenvalue weighted by molar-refractivity contribution is 7.89. The first-order valence-corrected chi connectivity index (χ1v) is 7.78. The Balaban J connectivity index is 1.93. The molecule has 0 spiro atoms. The van der Waals surface area contributed by atoms with Crippen LogP contribution in [0, 0.1) is 17.8 Å². The van der Waals surface area contributed by atoms with Gasteiger partial charge in [0.25, 0.3) is 0 Å². The Kier molecular flexibility index (Phi) is 3.56. The summed E-state index contributed by atoms with van der Waals surface area (Å²) in [5.41, 5.74) is 0. The predicted molar refractivity (Wildman–Crippen MR) is 64.7 cm³/mol. The van der Waals surface area contributed by atoms with Gasteiger partial charge in [-0.1, -0.05) is 13.8 Å². The minimum atomic E-state index is -2.99. The normalized spacial score (nSPS) is 31.2. The third-order valence-electron chi connectivity index (χ3n) is 3.70. The van der Waals surface area contributed by atoms with E-state index in [2.05, 4.69) is 19.2 Å². The van der Waals surface area contributed by atoms with Crippen LogP contribution in [0.25, 0.3) is 0 Å². The van der Waals surface area contributed by atoms with Gasteiger partial charge in [0.1, 0.15) is 0 Å². The van der Waals surface area contributed by atoms with E-state index in [0.29, 0.717) is 23.5 Å². The largest absolute Gasteiger partial charge is 0.316 e.